The summed E-state index contributed by atoms with van der Waals surface area (Å²) in [5.74, 6) is 0.149. The summed E-state index contributed by atoms with van der Waals surface area (Å²) in [6.45, 7) is 4.60. The second-order valence-electron chi connectivity index (χ2n) is 4.29. The first-order valence-electron chi connectivity index (χ1n) is 5.83. The minimum atomic E-state index is 0.149. The first-order chi connectivity index (χ1) is 7.77. The molecule has 0 aromatic heterocycles. The molecule has 1 aliphatic carbocycles. The summed E-state index contributed by atoms with van der Waals surface area (Å²) in [6.07, 6.45) is 10.8. The van der Waals surface area contributed by atoms with Crippen LogP contribution in [0.15, 0.2) is 36.0 Å². The summed E-state index contributed by atoms with van der Waals surface area (Å²) in [4.78, 5) is 14.1. The van der Waals surface area contributed by atoms with E-state index in [1.54, 1.807) is 0 Å². The van der Waals surface area contributed by atoms with Gasteiger partial charge >= 0.3 is 0 Å². The molecule has 1 heterocycles. The lowest BCUT2D eigenvalue weighted by molar-refractivity contribution is -0.127. The van der Waals surface area contributed by atoms with Gasteiger partial charge in [-0.25, -0.2) is 0 Å². The molecule has 1 fully saturated rings. The number of hydrogen-bond acceptors (Lipinski definition) is 2. The number of carbonyl (C=O) groups is 1. The molecule has 1 saturated heterocycles. The predicted molar refractivity (Wildman–Crippen MR) is 65.0 cm³/mol. The van der Waals surface area contributed by atoms with E-state index in [2.05, 4.69) is 18.3 Å². The van der Waals surface area contributed by atoms with Crippen molar-refractivity contribution in [1.29, 1.82) is 0 Å². The van der Waals surface area contributed by atoms with Crippen molar-refractivity contribution in [3.8, 4) is 0 Å². The average Bonchev–Trinajstić information content (AvgIpc) is 2.56. The average molecular weight is 218 g/mol. The highest BCUT2D eigenvalue weighted by atomic mass is 16.2. The molecular formula is C13H18N2O. The third-order valence-corrected chi connectivity index (χ3v) is 2.88. The Morgan fingerprint density at radius 3 is 3.19 bits per heavy atom. The van der Waals surface area contributed by atoms with Crippen LogP contribution in [0.3, 0.4) is 0 Å². The Hall–Kier alpha value is -1.35. The zero-order valence-electron chi connectivity index (χ0n) is 9.65. The summed E-state index contributed by atoms with van der Waals surface area (Å²) >= 11 is 0. The van der Waals surface area contributed by atoms with E-state index in [0.29, 0.717) is 6.04 Å². The zero-order valence-corrected chi connectivity index (χ0v) is 9.65. The van der Waals surface area contributed by atoms with E-state index >= 15 is 0 Å². The van der Waals surface area contributed by atoms with E-state index < -0.39 is 0 Å². The lowest BCUT2D eigenvalue weighted by atomic mass is 10.1. The van der Waals surface area contributed by atoms with Gasteiger partial charge in [0.05, 0.1) is 0 Å². The number of nitrogens with one attached hydrogen (secondary N) is 1. The van der Waals surface area contributed by atoms with Gasteiger partial charge in [0.2, 0.25) is 0 Å². The Labute approximate surface area is 96.5 Å². The highest BCUT2D eigenvalue weighted by Gasteiger charge is 2.21. The fourth-order valence-electron chi connectivity index (χ4n) is 2.02. The van der Waals surface area contributed by atoms with E-state index in [0.717, 1.165) is 31.6 Å². The van der Waals surface area contributed by atoms with E-state index in [-0.39, 0.29) is 5.91 Å². The van der Waals surface area contributed by atoms with Crippen LogP contribution in [0.4, 0.5) is 0 Å². The van der Waals surface area contributed by atoms with Crippen LogP contribution in [0, 0.1) is 0 Å². The number of hydrogen-bond donors (Lipinski definition) is 1. The first kappa shape index (κ1) is 11.1. The van der Waals surface area contributed by atoms with Crippen LogP contribution in [-0.4, -0.2) is 36.5 Å². The van der Waals surface area contributed by atoms with E-state index in [9.17, 15) is 4.79 Å². The van der Waals surface area contributed by atoms with Crippen molar-refractivity contribution in [2.24, 2.45) is 0 Å². The predicted octanol–water partition coefficient (Wildman–Crippen LogP) is 1.25. The Balaban J connectivity index is 2.06. The van der Waals surface area contributed by atoms with Gasteiger partial charge in [0.15, 0.2) is 0 Å². The van der Waals surface area contributed by atoms with Crippen molar-refractivity contribution in [3.63, 3.8) is 0 Å². The van der Waals surface area contributed by atoms with Gasteiger partial charge in [0.1, 0.15) is 0 Å². The fourth-order valence-corrected chi connectivity index (χ4v) is 2.02. The Kier molecular flexibility index (Phi) is 3.57. The molecule has 0 spiro atoms. The maximum atomic E-state index is 12.2. The van der Waals surface area contributed by atoms with Gasteiger partial charge in [-0.1, -0.05) is 24.3 Å². The molecule has 1 amide bonds. The number of rotatable bonds is 1. The van der Waals surface area contributed by atoms with E-state index in [1.165, 1.54) is 0 Å². The molecule has 1 N–H and O–H groups in total. The van der Waals surface area contributed by atoms with Crippen molar-refractivity contribution in [2.45, 2.75) is 19.4 Å². The second kappa shape index (κ2) is 5.12. The second-order valence-corrected chi connectivity index (χ2v) is 4.29. The number of carbonyl (C=O) groups excluding carboxylic acids is 1. The Morgan fingerprint density at radius 2 is 2.38 bits per heavy atom. The van der Waals surface area contributed by atoms with Gasteiger partial charge in [-0.2, -0.15) is 0 Å². The molecule has 1 aliphatic heterocycles. The largest absolute Gasteiger partial charge is 0.336 e. The van der Waals surface area contributed by atoms with Crippen LogP contribution in [-0.2, 0) is 4.79 Å². The van der Waals surface area contributed by atoms with Crippen molar-refractivity contribution in [3.05, 3.63) is 36.0 Å². The van der Waals surface area contributed by atoms with Crippen LogP contribution in [0.25, 0.3) is 0 Å². The normalized spacial score (nSPS) is 25.2. The van der Waals surface area contributed by atoms with E-state index in [1.807, 2.05) is 29.2 Å². The lowest BCUT2D eigenvalue weighted by Gasteiger charge is -2.32. The monoisotopic (exact) mass is 218 g/mol. The maximum Gasteiger partial charge on any atom is 0.253 e. The molecule has 0 aromatic rings. The number of piperazine rings is 1. The number of nitrogens with zero attached hydrogens (tertiary/aromatic N) is 1. The molecule has 2 aliphatic rings. The minimum absolute atomic E-state index is 0.149. The molecule has 0 saturated carbocycles. The number of allylic oxidation sites excluding steroid dienone is 4. The molecule has 3 nitrogen and oxygen atoms in total. The van der Waals surface area contributed by atoms with Crippen molar-refractivity contribution >= 4 is 5.91 Å². The molecule has 0 aromatic carbocycles. The minimum Gasteiger partial charge on any atom is -0.336 e. The van der Waals surface area contributed by atoms with Gasteiger partial charge in [0.25, 0.3) is 5.91 Å². The van der Waals surface area contributed by atoms with Gasteiger partial charge in [-0.15, -0.1) is 0 Å². The van der Waals surface area contributed by atoms with E-state index in [4.69, 9.17) is 0 Å². The number of amides is 1. The van der Waals surface area contributed by atoms with Crippen LogP contribution < -0.4 is 5.32 Å². The van der Waals surface area contributed by atoms with Crippen molar-refractivity contribution in [1.82, 2.24) is 10.2 Å². The van der Waals surface area contributed by atoms with Crippen molar-refractivity contribution < 1.29 is 4.79 Å². The van der Waals surface area contributed by atoms with Crippen LogP contribution in [0.2, 0.25) is 0 Å². The van der Waals surface area contributed by atoms with Crippen LogP contribution in [0.1, 0.15) is 13.3 Å². The van der Waals surface area contributed by atoms with Gasteiger partial charge < -0.3 is 10.2 Å². The lowest BCUT2D eigenvalue weighted by Crippen LogP contribution is -2.51. The molecule has 1 atom stereocenters. The van der Waals surface area contributed by atoms with Crippen LogP contribution in [0.5, 0.6) is 0 Å². The summed E-state index contributed by atoms with van der Waals surface area (Å²) in [5.41, 5.74) is 0.794. The Morgan fingerprint density at radius 1 is 1.50 bits per heavy atom. The zero-order chi connectivity index (χ0) is 11.4. The molecule has 3 heteroatoms. The first-order valence-corrected chi connectivity index (χ1v) is 5.83. The van der Waals surface area contributed by atoms with Gasteiger partial charge in [-0.05, 0) is 19.4 Å². The third kappa shape index (κ3) is 2.61. The quantitative estimate of drug-likeness (QED) is 0.718. The summed E-state index contributed by atoms with van der Waals surface area (Å²) < 4.78 is 0. The molecule has 0 radical (unpaired) electrons. The smallest absolute Gasteiger partial charge is 0.253 e. The standard InChI is InChI=1S/C13H18N2O/c1-11-10-15(9-8-14-11)13(16)12-6-4-2-3-5-7-12/h2,4-7,11,14H,3,8-10H2,1H3. The topological polar surface area (TPSA) is 32.3 Å². The summed E-state index contributed by atoms with van der Waals surface area (Å²) in [7, 11) is 0. The molecule has 1 unspecified atom stereocenters. The summed E-state index contributed by atoms with van der Waals surface area (Å²) in [6, 6.07) is 0.392. The molecule has 16 heavy (non-hydrogen) atoms. The molecule has 0 bridgehead atoms. The molecular weight excluding hydrogens is 200 g/mol. The summed E-state index contributed by atoms with van der Waals surface area (Å²) in [5, 5.41) is 3.34. The fraction of sp³-hybridized carbons (Fsp3) is 0.462. The maximum absolute atomic E-state index is 12.2. The van der Waals surface area contributed by atoms with Crippen molar-refractivity contribution in [2.75, 3.05) is 19.6 Å². The Bertz CT molecular complexity index is 355. The van der Waals surface area contributed by atoms with Gasteiger partial charge in [0, 0.05) is 31.2 Å². The molecule has 86 valence electrons. The van der Waals surface area contributed by atoms with Crippen LogP contribution >= 0.6 is 0 Å². The van der Waals surface area contributed by atoms with Gasteiger partial charge in [-0.3, -0.25) is 4.79 Å². The third-order valence-electron chi connectivity index (χ3n) is 2.88. The highest BCUT2D eigenvalue weighted by molar-refractivity contribution is 5.96. The highest BCUT2D eigenvalue weighted by Crippen LogP contribution is 2.10. The molecule has 2 rings (SSSR count). The SMILES string of the molecule is CC1CN(C(=O)C2=CC=CCC=C2)CCN1.